The van der Waals surface area contributed by atoms with Crippen molar-refractivity contribution >= 4 is 11.7 Å². The molecule has 0 aromatic heterocycles. The van der Waals surface area contributed by atoms with Crippen LogP contribution in [0.15, 0.2) is 48.5 Å². The highest BCUT2D eigenvalue weighted by molar-refractivity contribution is 5.98. The molecule has 2 atom stereocenters. The van der Waals surface area contributed by atoms with Crippen molar-refractivity contribution in [3.05, 3.63) is 71.0 Å². The topological polar surface area (TPSA) is 63.4 Å². The smallest absolute Gasteiger partial charge is 0.244 e. The third kappa shape index (κ3) is 3.99. The number of piperidine rings is 1. The summed E-state index contributed by atoms with van der Waals surface area (Å²) >= 11 is 0. The van der Waals surface area contributed by atoms with Crippen LogP contribution in [0.2, 0.25) is 0 Å². The highest BCUT2D eigenvalue weighted by Crippen LogP contribution is 2.24. The molecule has 3 rings (SSSR count). The summed E-state index contributed by atoms with van der Waals surface area (Å²) in [5, 5.41) is 0. The molecule has 0 bridgehead atoms. The second-order valence-electron chi connectivity index (χ2n) is 6.88. The van der Waals surface area contributed by atoms with Crippen molar-refractivity contribution in [1.82, 2.24) is 4.90 Å². The number of carbonyl (C=O) groups excluding carboxylic acids is 2. The zero-order valence-electron chi connectivity index (χ0n) is 14.8. The molecule has 1 aliphatic heterocycles. The van der Waals surface area contributed by atoms with Gasteiger partial charge in [-0.05, 0) is 49.6 Å². The molecule has 0 spiro atoms. The fraction of sp³-hybridized carbons (Fsp3) is 0.333. The number of Topliss-reactive ketones (excluding diaryl/α,β-unsaturated/α-hetero) is 1. The Morgan fingerprint density at radius 3 is 2.42 bits per heavy atom. The van der Waals surface area contributed by atoms with E-state index in [1.807, 2.05) is 31.2 Å². The largest absolute Gasteiger partial charge is 0.340 e. The maximum absolute atomic E-state index is 13.1. The summed E-state index contributed by atoms with van der Waals surface area (Å²) in [6.07, 6.45) is 1.48. The summed E-state index contributed by atoms with van der Waals surface area (Å²) in [4.78, 5) is 27.1. The van der Waals surface area contributed by atoms with Crippen LogP contribution in [-0.2, 0) is 4.79 Å². The number of nitrogens with zero attached hydrogens (tertiary/aromatic N) is 1. The molecule has 1 saturated heterocycles. The molecule has 1 aliphatic rings. The van der Waals surface area contributed by atoms with Crippen LogP contribution in [0.25, 0.3) is 0 Å². The van der Waals surface area contributed by atoms with E-state index in [0.717, 1.165) is 24.0 Å². The van der Waals surface area contributed by atoms with Crippen LogP contribution in [0.3, 0.4) is 0 Å². The van der Waals surface area contributed by atoms with Crippen molar-refractivity contribution in [1.29, 1.82) is 0 Å². The van der Waals surface area contributed by atoms with E-state index in [4.69, 9.17) is 5.73 Å². The predicted octanol–water partition coefficient (Wildman–Crippen LogP) is 3.26. The molecule has 136 valence electrons. The number of aryl methyl sites for hydroxylation is 1. The molecule has 1 fully saturated rings. The van der Waals surface area contributed by atoms with Crippen LogP contribution in [0.5, 0.6) is 0 Å². The third-order valence-corrected chi connectivity index (χ3v) is 4.94. The standard InChI is InChI=1S/C21H23FN2O2/c1-14-4-6-15(7-5-14)19(23)21(26)24-12-2-3-17(13-24)20(25)16-8-10-18(22)11-9-16/h4-11,17,19H,2-3,12-13,23H2,1H3. The van der Waals surface area contributed by atoms with Gasteiger partial charge in [-0.15, -0.1) is 0 Å². The summed E-state index contributed by atoms with van der Waals surface area (Å²) in [7, 11) is 0. The van der Waals surface area contributed by atoms with E-state index in [1.54, 1.807) is 4.90 Å². The van der Waals surface area contributed by atoms with Crippen LogP contribution < -0.4 is 5.73 Å². The molecule has 2 N–H and O–H groups in total. The lowest BCUT2D eigenvalue weighted by Gasteiger charge is -2.33. The van der Waals surface area contributed by atoms with Gasteiger partial charge in [0.15, 0.2) is 5.78 Å². The number of nitrogens with two attached hydrogens (primary N) is 1. The summed E-state index contributed by atoms with van der Waals surface area (Å²) in [6.45, 7) is 2.94. The van der Waals surface area contributed by atoms with E-state index in [9.17, 15) is 14.0 Å². The van der Waals surface area contributed by atoms with Crippen molar-refractivity contribution in [3.63, 3.8) is 0 Å². The van der Waals surface area contributed by atoms with Crippen molar-refractivity contribution in [2.75, 3.05) is 13.1 Å². The molecule has 4 nitrogen and oxygen atoms in total. The normalized spacial score (nSPS) is 18.4. The average molecular weight is 354 g/mol. The average Bonchev–Trinajstić information content (AvgIpc) is 2.67. The fourth-order valence-corrected chi connectivity index (χ4v) is 3.35. The first kappa shape index (κ1) is 18.3. The minimum atomic E-state index is -0.727. The SMILES string of the molecule is Cc1ccc(C(N)C(=O)N2CCCC(C(=O)c3ccc(F)cc3)C2)cc1. The van der Waals surface area contributed by atoms with Gasteiger partial charge in [0.25, 0.3) is 0 Å². The van der Waals surface area contributed by atoms with Gasteiger partial charge in [0.05, 0.1) is 0 Å². The summed E-state index contributed by atoms with van der Waals surface area (Å²) in [6, 6.07) is 12.4. The molecule has 0 saturated carbocycles. The van der Waals surface area contributed by atoms with E-state index in [0.29, 0.717) is 18.7 Å². The van der Waals surface area contributed by atoms with E-state index < -0.39 is 6.04 Å². The molecule has 0 radical (unpaired) electrons. The molecule has 0 aliphatic carbocycles. The lowest BCUT2D eigenvalue weighted by molar-refractivity contribution is -0.134. The minimum absolute atomic E-state index is 0.0496. The van der Waals surface area contributed by atoms with E-state index in [1.165, 1.54) is 24.3 Å². The number of carbonyl (C=O) groups is 2. The summed E-state index contributed by atoms with van der Waals surface area (Å²) in [5.41, 5.74) is 8.51. The summed E-state index contributed by atoms with van der Waals surface area (Å²) in [5.74, 6) is -0.855. The number of hydrogen-bond acceptors (Lipinski definition) is 3. The Balaban J connectivity index is 1.69. The molecule has 26 heavy (non-hydrogen) atoms. The zero-order chi connectivity index (χ0) is 18.7. The monoisotopic (exact) mass is 354 g/mol. The molecule has 1 amide bonds. The van der Waals surface area contributed by atoms with Crippen LogP contribution in [0.4, 0.5) is 4.39 Å². The van der Waals surface area contributed by atoms with Gasteiger partial charge in [-0.2, -0.15) is 0 Å². The number of likely N-dealkylation sites (tertiary alicyclic amines) is 1. The van der Waals surface area contributed by atoms with Crippen molar-refractivity contribution in [3.8, 4) is 0 Å². The van der Waals surface area contributed by atoms with Gasteiger partial charge in [-0.25, -0.2) is 4.39 Å². The van der Waals surface area contributed by atoms with Crippen molar-refractivity contribution in [2.24, 2.45) is 11.7 Å². The van der Waals surface area contributed by atoms with Gasteiger partial charge in [-0.1, -0.05) is 29.8 Å². The van der Waals surface area contributed by atoms with Crippen LogP contribution >= 0.6 is 0 Å². The molecule has 5 heteroatoms. The second kappa shape index (κ2) is 7.79. The second-order valence-corrected chi connectivity index (χ2v) is 6.88. The lowest BCUT2D eigenvalue weighted by atomic mass is 9.89. The Hall–Kier alpha value is -2.53. The van der Waals surface area contributed by atoms with Crippen LogP contribution in [-0.4, -0.2) is 29.7 Å². The molecule has 2 aromatic carbocycles. The minimum Gasteiger partial charge on any atom is -0.340 e. The number of hydrogen-bond donors (Lipinski definition) is 1. The van der Waals surface area contributed by atoms with Gasteiger partial charge in [0, 0.05) is 24.6 Å². The van der Waals surface area contributed by atoms with E-state index in [-0.39, 0.29) is 23.4 Å². The predicted molar refractivity (Wildman–Crippen MR) is 98.1 cm³/mol. The van der Waals surface area contributed by atoms with Gasteiger partial charge in [-0.3, -0.25) is 9.59 Å². The lowest BCUT2D eigenvalue weighted by Crippen LogP contribution is -2.46. The van der Waals surface area contributed by atoms with E-state index >= 15 is 0 Å². The number of amides is 1. The molecule has 2 unspecified atom stereocenters. The molecular formula is C21H23FN2O2. The van der Waals surface area contributed by atoms with E-state index in [2.05, 4.69) is 0 Å². The number of ketones is 1. The van der Waals surface area contributed by atoms with Gasteiger partial charge < -0.3 is 10.6 Å². The molecular weight excluding hydrogens is 331 g/mol. The number of rotatable bonds is 4. The molecule has 1 heterocycles. The van der Waals surface area contributed by atoms with Crippen LogP contribution in [0, 0.1) is 18.7 Å². The Bertz CT molecular complexity index is 787. The quantitative estimate of drug-likeness (QED) is 0.857. The first-order valence-electron chi connectivity index (χ1n) is 8.86. The number of benzene rings is 2. The van der Waals surface area contributed by atoms with Crippen molar-refractivity contribution in [2.45, 2.75) is 25.8 Å². The maximum atomic E-state index is 13.1. The Morgan fingerprint density at radius 2 is 1.77 bits per heavy atom. The Morgan fingerprint density at radius 1 is 1.12 bits per heavy atom. The Labute approximate surface area is 152 Å². The summed E-state index contributed by atoms with van der Waals surface area (Å²) < 4.78 is 13.1. The highest BCUT2D eigenvalue weighted by atomic mass is 19.1. The fourth-order valence-electron chi connectivity index (χ4n) is 3.35. The zero-order valence-corrected chi connectivity index (χ0v) is 14.8. The highest BCUT2D eigenvalue weighted by Gasteiger charge is 2.31. The van der Waals surface area contributed by atoms with Crippen LogP contribution in [0.1, 0.15) is 40.4 Å². The number of halogens is 1. The first-order chi connectivity index (χ1) is 12.5. The third-order valence-electron chi connectivity index (χ3n) is 4.94. The molecule has 2 aromatic rings. The Kier molecular flexibility index (Phi) is 5.47. The first-order valence-corrected chi connectivity index (χ1v) is 8.86. The maximum Gasteiger partial charge on any atom is 0.244 e. The van der Waals surface area contributed by atoms with Gasteiger partial charge in [0.2, 0.25) is 5.91 Å². The van der Waals surface area contributed by atoms with Gasteiger partial charge >= 0.3 is 0 Å². The van der Waals surface area contributed by atoms with Crippen molar-refractivity contribution < 1.29 is 14.0 Å². The van der Waals surface area contributed by atoms with Gasteiger partial charge in [0.1, 0.15) is 11.9 Å².